The molecule has 6 aromatic carbocycles. The number of aromatic hydroxyl groups is 2. The van der Waals surface area contributed by atoms with Crippen LogP contribution in [-0.4, -0.2) is 61.3 Å². The standard InChI is InChI=1S/C18H20O4S.C18H18O3S.C16H14O3S/c1-4-13(18(19)20)14-7-5-6-8-17(14)23-12-9-10-15(21-2)16(11-12)22-3;1-4-11-12-7-5-6-8-16(12)22-17-10-15(21-3)14(20-2)9-13(17)18(11)19;1-2-9-10-5-3-4-6-14(10)20-15-8-13(18)12(17)7-11(15)16(9)19/h5-11,13H,4H2,1-3H3,(H,19,20);5-11H,4H2,1-3H3;3-9,17-18H,2H2,1H3. The number of phenolic OH excluding ortho intramolecular Hbond substituents is 2. The summed E-state index contributed by atoms with van der Waals surface area (Å²) in [6.45, 7) is 5.92. The van der Waals surface area contributed by atoms with Crippen LogP contribution in [0.4, 0.5) is 0 Å². The Bertz CT molecular complexity index is 2680. The molecule has 0 spiro atoms. The van der Waals surface area contributed by atoms with E-state index in [-0.39, 0.29) is 34.9 Å². The van der Waals surface area contributed by atoms with Crippen LogP contribution in [0.25, 0.3) is 0 Å². The van der Waals surface area contributed by atoms with Gasteiger partial charge in [0.25, 0.3) is 0 Å². The molecule has 2 aliphatic heterocycles. The van der Waals surface area contributed by atoms with Crippen LogP contribution in [0.5, 0.6) is 34.5 Å². The van der Waals surface area contributed by atoms with Crippen molar-refractivity contribution in [3.63, 3.8) is 0 Å². The van der Waals surface area contributed by atoms with Gasteiger partial charge >= 0.3 is 5.97 Å². The molecule has 3 unspecified atom stereocenters. The number of hydrogen-bond donors (Lipinski definition) is 3. The van der Waals surface area contributed by atoms with Crippen molar-refractivity contribution in [1.29, 1.82) is 0 Å². The summed E-state index contributed by atoms with van der Waals surface area (Å²) < 4.78 is 21.3. The van der Waals surface area contributed by atoms with Crippen molar-refractivity contribution >= 4 is 52.8 Å². The number of Topliss-reactive ketones (excluding diaryl/α,β-unsaturated/α-hetero) is 2. The van der Waals surface area contributed by atoms with E-state index in [0.717, 1.165) is 47.6 Å². The van der Waals surface area contributed by atoms with E-state index in [0.29, 0.717) is 51.9 Å². The van der Waals surface area contributed by atoms with E-state index in [1.807, 2.05) is 98.8 Å². The number of phenols is 2. The maximum atomic E-state index is 13.0. The number of ether oxygens (including phenoxy) is 4. The van der Waals surface area contributed by atoms with E-state index in [1.165, 1.54) is 35.7 Å². The van der Waals surface area contributed by atoms with Crippen LogP contribution in [0.1, 0.15) is 95.2 Å². The molecule has 65 heavy (non-hydrogen) atoms. The first kappa shape index (κ1) is 48.4. The molecule has 6 aromatic rings. The van der Waals surface area contributed by atoms with Gasteiger partial charge in [-0.25, -0.2) is 0 Å². The number of carbonyl (C=O) groups is 3. The normalized spacial score (nSPS) is 15.1. The largest absolute Gasteiger partial charge is 0.504 e. The number of carboxylic acids is 1. The molecule has 10 nitrogen and oxygen atoms in total. The summed E-state index contributed by atoms with van der Waals surface area (Å²) >= 11 is 4.60. The van der Waals surface area contributed by atoms with Crippen molar-refractivity contribution in [3.05, 3.63) is 143 Å². The van der Waals surface area contributed by atoms with Gasteiger partial charge in [-0.1, -0.05) is 111 Å². The number of carboxylic acid groups (broad SMARTS) is 1. The molecule has 8 rings (SSSR count). The number of rotatable bonds is 11. The van der Waals surface area contributed by atoms with Crippen molar-refractivity contribution < 1.29 is 48.7 Å². The van der Waals surface area contributed by atoms with Crippen molar-refractivity contribution in [3.8, 4) is 34.5 Å². The Morgan fingerprint density at radius 3 is 1.60 bits per heavy atom. The van der Waals surface area contributed by atoms with Crippen LogP contribution >= 0.6 is 35.3 Å². The summed E-state index contributed by atoms with van der Waals surface area (Å²) in [7, 11) is 6.39. The summed E-state index contributed by atoms with van der Waals surface area (Å²) in [5.41, 5.74) is 4.15. The molecular formula is C52H52O10S3. The molecule has 0 radical (unpaired) electrons. The van der Waals surface area contributed by atoms with E-state index < -0.39 is 11.9 Å². The number of carbonyl (C=O) groups excluding carboxylic acids is 2. The third-order valence-corrected chi connectivity index (χ3v) is 14.5. The lowest BCUT2D eigenvalue weighted by atomic mass is 9.88. The van der Waals surface area contributed by atoms with Crippen molar-refractivity contribution in [2.45, 2.75) is 87.2 Å². The van der Waals surface area contributed by atoms with Crippen molar-refractivity contribution in [1.82, 2.24) is 0 Å². The van der Waals surface area contributed by atoms with Crippen molar-refractivity contribution in [2.75, 3.05) is 28.4 Å². The quantitative estimate of drug-likeness (QED) is 0.106. The molecule has 0 aromatic heterocycles. The fraction of sp³-hybridized carbons (Fsp3) is 0.250. The summed E-state index contributed by atoms with van der Waals surface area (Å²) in [4.78, 5) is 42.8. The maximum Gasteiger partial charge on any atom is 0.311 e. The van der Waals surface area contributed by atoms with Crippen LogP contribution in [0.3, 0.4) is 0 Å². The average Bonchev–Trinajstić information content (AvgIpc) is 3.51. The fourth-order valence-electron chi connectivity index (χ4n) is 7.80. The molecule has 3 N–H and O–H groups in total. The summed E-state index contributed by atoms with van der Waals surface area (Å²) in [5.74, 6) is 0.646. The lowest BCUT2D eigenvalue weighted by Crippen LogP contribution is -2.12. The van der Waals surface area contributed by atoms with E-state index in [9.17, 15) is 29.7 Å². The number of ketones is 2. The second kappa shape index (κ2) is 22.3. The van der Waals surface area contributed by atoms with E-state index in [4.69, 9.17) is 18.9 Å². The van der Waals surface area contributed by atoms with Gasteiger partial charge in [0.05, 0.1) is 34.4 Å². The minimum Gasteiger partial charge on any atom is -0.504 e. The molecule has 0 saturated heterocycles. The Kier molecular flexibility index (Phi) is 16.6. The predicted octanol–water partition coefficient (Wildman–Crippen LogP) is 12.9. The van der Waals surface area contributed by atoms with Crippen LogP contribution < -0.4 is 18.9 Å². The minimum absolute atomic E-state index is 0.00440. The zero-order valence-corrected chi connectivity index (χ0v) is 39.7. The second-order valence-corrected chi connectivity index (χ2v) is 18.2. The number of aliphatic carboxylic acids is 1. The Balaban J connectivity index is 0.000000162. The Hall–Kier alpha value is -6.02. The zero-order chi connectivity index (χ0) is 46.8. The summed E-state index contributed by atoms with van der Waals surface area (Å²) in [6, 6.07) is 35.8. The smallest absolute Gasteiger partial charge is 0.311 e. The topological polar surface area (TPSA) is 149 Å². The second-order valence-electron chi connectivity index (χ2n) is 14.9. The Morgan fingerprint density at radius 1 is 0.585 bits per heavy atom. The average molecular weight is 933 g/mol. The molecule has 3 atom stereocenters. The highest BCUT2D eigenvalue weighted by molar-refractivity contribution is 8.00. The van der Waals surface area contributed by atoms with Gasteiger partial charge in [-0.15, -0.1) is 0 Å². The third kappa shape index (κ3) is 10.8. The summed E-state index contributed by atoms with van der Waals surface area (Å²) in [6.07, 6.45) is 2.04. The van der Waals surface area contributed by atoms with Crippen LogP contribution in [-0.2, 0) is 4.79 Å². The minimum atomic E-state index is -0.798. The lowest BCUT2D eigenvalue weighted by molar-refractivity contribution is -0.138. The number of benzene rings is 6. The molecule has 0 fully saturated rings. The number of methoxy groups -OCH3 is 4. The van der Waals surface area contributed by atoms with E-state index in [2.05, 4.69) is 19.1 Å². The van der Waals surface area contributed by atoms with Crippen LogP contribution in [0, 0.1) is 0 Å². The molecule has 13 heteroatoms. The molecule has 2 aliphatic rings. The first-order valence-electron chi connectivity index (χ1n) is 21.1. The highest BCUT2D eigenvalue weighted by Crippen LogP contribution is 2.47. The Labute approximate surface area is 392 Å². The molecule has 0 bridgehead atoms. The fourth-order valence-corrected chi connectivity index (χ4v) is 11.1. The lowest BCUT2D eigenvalue weighted by Gasteiger charge is -2.15. The van der Waals surface area contributed by atoms with Gasteiger partial charge in [-0.05, 0) is 96.6 Å². The number of hydrogen-bond acceptors (Lipinski definition) is 12. The number of fused-ring (bicyclic) bond motifs is 4. The first-order valence-corrected chi connectivity index (χ1v) is 23.5. The van der Waals surface area contributed by atoms with E-state index >= 15 is 0 Å². The Morgan fingerprint density at radius 2 is 1.06 bits per heavy atom. The van der Waals surface area contributed by atoms with E-state index in [1.54, 1.807) is 46.3 Å². The maximum absolute atomic E-state index is 13.0. The molecule has 0 aliphatic carbocycles. The molecule has 0 amide bonds. The van der Waals surface area contributed by atoms with Gasteiger partial charge in [0.1, 0.15) is 0 Å². The van der Waals surface area contributed by atoms with Gasteiger partial charge < -0.3 is 34.3 Å². The highest BCUT2D eigenvalue weighted by atomic mass is 32.2. The molecule has 2 heterocycles. The zero-order valence-electron chi connectivity index (χ0n) is 37.2. The first-order chi connectivity index (χ1) is 31.4. The predicted molar refractivity (Wildman–Crippen MR) is 256 cm³/mol. The van der Waals surface area contributed by atoms with Gasteiger partial charge in [-0.3, -0.25) is 14.4 Å². The highest BCUT2D eigenvalue weighted by Gasteiger charge is 2.31. The monoisotopic (exact) mass is 932 g/mol. The van der Waals surface area contributed by atoms with Gasteiger partial charge in [0, 0.05) is 52.3 Å². The van der Waals surface area contributed by atoms with Crippen LogP contribution in [0.2, 0.25) is 0 Å². The van der Waals surface area contributed by atoms with Gasteiger partial charge in [-0.2, -0.15) is 0 Å². The van der Waals surface area contributed by atoms with Crippen molar-refractivity contribution in [2.24, 2.45) is 0 Å². The SMILES string of the molecule is CCC(C(=O)O)c1ccccc1Sc1ccc(OC)c(OC)c1.CCC1C(=O)c2cc(O)c(O)cc2Sc2ccccc21.CCC1C(=O)c2cc(OC)c(OC)cc2Sc2ccccc21. The molecule has 0 saturated carbocycles. The van der Waals surface area contributed by atoms with Crippen LogP contribution in [0.15, 0.2) is 145 Å². The van der Waals surface area contributed by atoms with Gasteiger partial charge in [0.15, 0.2) is 46.1 Å². The molecular weight excluding hydrogens is 881 g/mol. The third-order valence-electron chi connectivity index (χ3n) is 11.2. The summed E-state index contributed by atoms with van der Waals surface area (Å²) in [5, 5.41) is 28.7. The van der Waals surface area contributed by atoms with Gasteiger partial charge in [0.2, 0.25) is 0 Å². The molecule has 338 valence electrons.